The minimum Gasteiger partial charge on any atom is -0.348 e. The van der Waals surface area contributed by atoms with Crippen LogP contribution in [0.2, 0.25) is 5.02 Å². The van der Waals surface area contributed by atoms with Crippen molar-refractivity contribution in [3.05, 3.63) is 94.5 Å². The SMILES string of the molecule is Cc1cc(Cl)ccc1N(CC(=O)N[C@H](C)c1ccc(C(C)(C)C)cc1)S(=O)(=O)c1ccccc1. The molecular weight excluding hydrogens is 468 g/mol. The molecule has 0 bridgehead atoms. The summed E-state index contributed by atoms with van der Waals surface area (Å²) >= 11 is 6.09. The van der Waals surface area contributed by atoms with Crippen LogP contribution in [0.15, 0.2) is 77.7 Å². The van der Waals surface area contributed by atoms with Crippen LogP contribution in [-0.2, 0) is 20.2 Å². The Labute approximate surface area is 207 Å². The zero-order valence-corrected chi connectivity index (χ0v) is 21.7. The molecule has 0 aliphatic carbocycles. The van der Waals surface area contributed by atoms with Gasteiger partial charge in [0.2, 0.25) is 5.91 Å². The van der Waals surface area contributed by atoms with Crippen molar-refractivity contribution in [2.45, 2.75) is 51.0 Å². The highest BCUT2D eigenvalue weighted by atomic mass is 35.5. The van der Waals surface area contributed by atoms with Crippen LogP contribution in [0.4, 0.5) is 5.69 Å². The maximum Gasteiger partial charge on any atom is 0.264 e. The Balaban J connectivity index is 1.87. The third-order valence-electron chi connectivity index (χ3n) is 5.70. The van der Waals surface area contributed by atoms with Gasteiger partial charge in [-0.15, -0.1) is 0 Å². The van der Waals surface area contributed by atoms with Gasteiger partial charge in [-0.25, -0.2) is 8.42 Å². The number of amides is 1. The summed E-state index contributed by atoms with van der Waals surface area (Å²) < 4.78 is 28.1. The molecule has 3 aromatic rings. The molecule has 5 nitrogen and oxygen atoms in total. The summed E-state index contributed by atoms with van der Waals surface area (Å²) in [6.07, 6.45) is 0. The van der Waals surface area contributed by atoms with Crippen LogP contribution in [-0.4, -0.2) is 20.9 Å². The third-order valence-corrected chi connectivity index (χ3v) is 7.71. The van der Waals surface area contributed by atoms with Gasteiger partial charge in [0.15, 0.2) is 0 Å². The number of carbonyl (C=O) groups is 1. The summed E-state index contributed by atoms with van der Waals surface area (Å²) in [7, 11) is -3.98. The number of hydrogen-bond donors (Lipinski definition) is 1. The van der Waals surface area contributed by atoms with E-state index in [0.29, 0.717) is 16.3 Å². The molecule has 0 radical (unpaired) electrons. The first kappa shape index (κ1) is 25.8. The van der Waals surface area contributed by atoms with Crippen molar-refractivity contribution < 1.29 is 13.2 Å². The predicted molar refractivity (Wildman–Crippen MR) is 139 cm³/mol. The molecule has 1 N–H and O–H groups in total. The standard InChI is InChI=1S/C27H31ClN2O3S/c1-19-17-23(28)15-16-25(19)30(34(32,33)24-9-7-6-8-10-24)18-26(31)29-20(2)21-11-13-22(14-12-21)27(3,4)5/h6-17,20H,18H2,1-5H3,(H,29,31)/t20-/m1/s1. The minimum atomic E-state index is -3.98. The van der Waals surface area contributed by atoms with Gasteiger partial charge in [-0.05, 0) is 66.3 Å². The summed E-state index contributed by atoms with van der Waals surface area (Å²) in [5.41, 5.74) is 3.25. The van der Waals surface area contributed by atoms with E-state index in [1.54, 1.807) is 43.3 Å². The average Bonchev–Trinajstić information content (AvgIpc) is 2.78. The van der Waals surface area contributed by atoms with Gasteiger partial charge >= 0.3 is 0 Å². The van der Waals surface area contributed by atoms with E-state index < -0.39 is 15.9 Å². The van der Waals surface area contributed by atoms with Gasteiger partial charge in [0.1, 0.15) is 6.54 Å². The lowest BCUT2D eigenvalue weighted by Gasteiger charge is -2.26. The number of carbonyl (C=O) groups excluding carboxylic acids is 1. The molecule has 0 saturated carbocycles. The van der Waals surface area contributed by atoms with Crippen molar-refractivity contribution in [3.63, 3.8) is 0 Å². The molecule has 0 unspecified atom stereocenters. The molecule has 180 valence electrons. The molecule has 3 rings (SSSR count). The van der Waals surface area contributed by atoms with Crippen molar-refractivity contribution in [2.75, 3.05) is 10.8 Å². The van der Waals surface area contributed by atoms with Gasteiger partial charge < -0.3 is 5.32 Å². The van der Waals surface area contributed by atoms with Crippen molar-refractivity contribution in [1.82, 2.24) is 5.32 Å². The number of halogens is 1. The number of rotatable bonds is 7. The van der Waals surface area contributed by atoms with Gasteiger partial charge in [-0.2, -0.15) is 0 Å². The fourth-order valence-electron chi connectivity index (χ4n) is 3.69. The summed E-state index contributed by atoms with van der Waals surface area (Å²) in [6, 6.07) is 20.8. The van der Waals surface area contributed by atoms with E-state index in [9.17, 15) is 13.2 Å². The molecule has 0 saturated heterocycles. The molecular formula is C27H31ClN2O3S. The molecule has 0 heterocycles. The number of nitrogens with one attached hydrogen (secondary N) is 1. The number of hydrogen-bond acceptors (Lipinski definition) is 3. The molecule has 0 aliphatic rings. The van der Waals surface area contributed by atoms with E-state index in [1.807, 2.05) is 19.1 Å². The van der Waals surface area contributed by atoms with Gasteiger partial charge in [0.25, 0.3) is 10.0 Å². The topological polar surface area (TPSA) is 66.5 Å². The Morgan fingerprint density at radius 1 is 1.00 bits per heavy atom. The Morgan fingerprint density at radius 3 is 2.18 bits per heavy atom. The van der Waals surface area contributed by atoms with Crippen LogP contribution in [0.25, 0.3) is 0 Å². The number of anilines is 1. The summed E-state index contributed by atoms with van der Waals surface area (Å²) in [4.78, 5) is 13.2. The van der Waals surface area contributed by atoms with Gasteiger partial charge in [0, 0.05) is 5.02 Å². The quantitative estimate of drug-likeness (QED) is 0.433. The molecule has 0 aliphatic heterocycles. The van der Waals surface area contributed by atoms with Crippen molar-refractivity contribution in [2.24, 2.45) is 0 Å². The predicted octanol–water partition coefficient (Wildman–Crippen LogP) is 6.02. The molecule has 1 amide bonds. The second-order valence-electron chi connectivity index (χ2n) is 9.42. The maximum absolute atomic E-state index is 13.5. The number of aryl methyl sites for hydroxylation is 1. The normalized spacial score (nSPS) is 12.8. The number of sulfonamides is 1. The first-order valence-corrected chi connectivity index (χ1v) is 12.9. The lowest BCUT2D eigenvalue weighted by molar-refractivity contribution is -0.120. The summed E-state index contributed by atoms with van der Waals surface area (Å²) in [5.74, 6) is -0.402. The highest BCUT2D eigenvalue weighted by molar-refractivity contribution is 7.92. The number of nitrogens with zero attached hydrogens (tertiary/aromatic N) is 1. The zero-order chi connectivity index (χ0) is 25.1. The van der Waals surface area contributed by atoms with Crippen LogP contribution in [0.1, 0.15) is 50.4 Å². The fourth-order valence-corrected chi connectivity index (χ4v) is 5.42. The molecule has 0 spiro atoms. The second-order valence-corrected chi connectivity index (χ2v) is 11.7. The highest BCUT2D eigenvalue weighted by Gasteiger charge is 2.28. The van der Waals surface area contributed by atoms with E-state index in [0.717, 1.165) is 9.87 Å². The fraction of sp³-hybridized carbons (Fsp3) is 0.296. The minimum absolute atomic E-state index is 0.0355. The Bertz CT molecular complexity index is 1250. The average molecular weight is 499 g/mol. The molecule has 3 aromatic carbocycles. The molecule has 34 heavy (non-hydrogen) atoms. The Kier molecular flexibility index (Phi) is 7.74. The molecule has 0 aromatic heterocycles. The van der Waals surface area contributed by atoms with E-state index >= 15 is 0 Å². The smallest absolute Gasteiger partial charge is 0.264 e. The lowest BCUT2D eigenvalue weighted by atomic mass is 9.86. The molecule has 0 fully saturated rings. The van der Waals surface area contributed by atoms with E-state index in [-0.39, 0.29) is 22.9 Å². The highest BCUT2D eigenvalue weighted by Crippen LogP contribution is 2.29. The van der Waals surface area contributed by atoms with E-state index in [2.05, 4.69) is 38.2 Å². The maximum atomic E-state index is 13.5. The number of benzene rings is 3. The molecule has 7 heteroatoms. The van der Waals surface area contributed by atoms with Crippen LogP contribution in [0.5, 0.6) is 0 Å². The zero-order valence-electron chi connectivity index (χ0n) is 20.2. The Hall–Kier alpha value is -2.83. The van der Waals surface area contributed by atoms with Crippen molar-refractivity contribution in [1.29, 1.82) is 0 Å². The summed E-state index contributed by atoms with van der Waals surface area (Å²) in [6.45, 7) is 9.74. The van der Waals surface area contributed by atoms with Gasteiger partial charge in [-0.1, -0.05) is 74.8 Å². The van der Waals surface area contributed by atoms with Crippen LogP contribution in [0, 0.1) is 6.92 Å². The molecule has 1 atom stereocenters. The monoisotopic (exact) mass is 498 g/mol. The largest absolute Gasteiger partial charge is 0.348 e. The van der Waals surface area contributed by atoms with Gasteiger partial charge in [-0.3, -0.25) is 9.10 Å². The van der Waals surface area contributed by atoms with E-state index in [1.165, 1.54) is 17.7 Å². The van der Waals surface area contributed by atoms with Crippen LogP contribution in [0.3, 0.4) is 0 Å². The van der Waals surface area contributed by atoms with Crippen LogP contribution >= 0.6 is 11.6 Å². The summed E-state index contributed by atoms with van der Waals surface area (Å²) in [5, 5.41) is 3.43. The van der Waals surface area contributed by atoms with Crippen molar-refractivity contribution in [3.8, 4) is 0 Å². The second kappa shape index (κ2) is 10.2. The first-order chi connectivity index (χ1) is 15.9. The van der Waals surface area contributed by atoms with Crippen LogP contribution < -0.4 is 9.62 Å². The lowest BCUT2D eigenvalue weighted by Crippen LogP contribution is -2.41. The van der Waals surface area contributed by atoms with E-state index in [4.69, 9.17) is 11.6 Å². The third kappa shape index (κ3) is 5.99. The van der Waals surface area contributed by atoms with Crippen molar-refractivity contribution >= 4 is 33.2 Å². The van der Waals surface area contributed by atoms with Gasteiger partial charge in [0.05, 0.1) is 16.6 Å². The first-order valence-electron chi connectivity index (χ1n) is 11.1. The Morgan fingerprint density at radius 2 is 1.62 bits per heavy atom.